The number of hydrogen-bond acceptors (Lipinski definition) is 4. The fourth-order valence-electron chi connectivity index (χ4n) is 2.40. The number of sulfonamides is 1. The van der Waals surface area contributed by atoms with Crippen molar-refractivity contribution in [2.45, 2.75) is 18.7 Å². The van der Waals surface area contributed by atoms with Gasteiger partial charge in [-0.05, 0) is 50.2 Å². The van der Waals surface area contributed by atoms with Gasteiger partial charge >= 0.3 is 0 Å². The van der Waals surface area contributed by atoms with Crippen LogP contribution in [0.2, 0.25) is 0 Å². The minimum atomic E-state index is -3.93. The minimum Gasteiger partial charge on any atom is -0.494 e. The van der Waals surface area contributed by atoms with Gasteiger partial charge in [0.25, 0.3) is 10.0 Å². The SMILES string of the molecule is C=CCNC(=O)CN(c1ccc(C)cc1)S(=O)(=O)c1ccc(OCC)cc1. The Morgan fingerprint density at radius 3 is 2.33 bits per heavy atom. The maximum Gasteiger partial charge on any atom is 0.264 e. The molecular formula is C20H24N2O4S. The van der Waals surface area contributed by atoms with Crippen molar-refractivity contribution in [2.24, 2.45) is 0 Å². The van der Waals surface area contributed by atoms with E-state index in [1.165, 1.54) is 18.2 Å². The second kappa shape index (κ2) is 9.23. The zero-order chi connectivity index (χ0) is 19.9. The zero-order valence-electron chi connectivity index (χ0n) is 15.5. The van der Waals surface area contributed by atoms with Gasteiger partial charge in [-0.3, -0.25) is 9.10 Å². The van der Waals surface area contributed by atoms with Crippen molar-refractivity contribution in [1.29, 1.82) is 0 Å². The summed E-state index contributed by atoms with van der Waals surface area (Å²) in [7, 11) is -3.93. The van der Waals surface area contributed by atoms with Crippen molar-refractivity contribution in [3.63, 3.8) is 0 Å². The van der Waals surface area contributed by atoms with E-state index in [0.29, 0.717) is 18.0 Å². The highest BCUT2D eigenvalue weighted by molar-refractivity contribution is 7.92. The Labute approximate surface area is 160 Å². The Morgan fingerprint density at radius 2 is 1.78 bits per heavy atom. The Balaban J connectivity index is 2.39. The van der Waals surface area contributed by atoms with Crippen LogP contribution < -0.4 is 14.4 Å². The Morgan fingerprint density at radius 1 is 1.15 bits per heavy atom. The molecule has 0 aliphatic carbocycles. The number of carbonyl (C=O) groups is 1. The van der Waals surface area contributed by atoms with E-state index in [-0.39, 0.29) is 18.0 Å². The van der Waals surface area contributed by atoms with E-state index < -0.39 is 15.9 Å². The van der Waals surface area contributed by atoms with Gasteiger partial charge in [0.2, 0.25) is 5.91 Å². The third-order valence-corrected chi connectivity index (χ3v) is 5.56. The number of benzene rings is 2. The van der Waals surface area contributed by atoms with Crippen LogP contribution in [0.25, 0.3) is 0 Å². The molecule has 0 saturated carbocycles. The predicted molar refractivity (Wildman–Crippen MR) is 107 cm³/mol. The highest BCUT2D eigenvalue weighted by Crippen LogP contribution is 2.25. The molecule has 6 nitrogen and oxygen atoms in total. The molecule has 0 heterocycles. The number of nitrogens with one attached hydrogen (secondary N) is 1. The number of hydrogen-bond donors (Lipinski definition) is 1. The summed E-state index contributed by atoms with van der Waals surface area (Å²) in [4.78, 5) is 12.3. The molecule has 0 aliphatic rings. The van der Waals surface area contributed by atoms with E-state index in [4.69, 9.17) is 4.74 Å². The topological polar surface area (TPSA) is 75.7 Å². The number of aryl methyl sites for hydroxylation is 1. The molecule has 0 radical (unpaired) electrons. The summed E-state index contributed by atoms with van der Waals surface area (Å²) in [6.45, 7) is 7.73. The van der Waals surface area contributed by atoms with Gasteiger partial charge in [0.05, 0.1) is 17.2 Å². The van der Waals surface area contributed by atoms with Gasteiger partial charge in [-0.2, -0.15) is 0 Å². The van der Waals surface area contributed by atoms with Gasteiger partial charge in [-0.15, -0.1) is 6.58 Å². The maximum atomic E-state index is 13.2. The third-order valence-electron chi connectivity index (χ3n) is 3.78. The van der Waals surface area contributed by atoms with Gasteiger partial charge in [0.15, 0.2) is 0 Å². The van der Waals surface area contributed by atoms with Crippen LogP contribution in [0.3, 0.4) is 0 Å². The van der Waals surface area contributed by atoms with Gasteiger partial charge in [0, 0.05) is 6.54 Å². The van der Waals surface area contributed by atoms with E-state index in [0.717, 1.165) is 9.87 Å². The number of amides is 1. The van der Waals surface area contributed by atoms with Crippen LogP contribution in [0.1, 0.15) is 12.5 Å². The monoisotopic (exact) mass is 388 g/mol. The maximum absolute atomic E-state index is 13.2. The van der Waals surface area contributed by atoms with Crippen LogP contribution in [-0.2, 0) is 14.8 Å². The number of anilines is 1. The Kier molecular flexibility index (Phi) is 7.01. The first kappa shape index (κ1) is 20.5. The van der Waals surface area contributed by atoms with E-state index in [1.54, 1.807) is 36.4 Å². The largest absolute Gasteiger partial charge is 0.494 e. The lowest BCUT2D eigenvalue weighted by molar-refractivity contribution is -0.119. The second-order valence-corrected chi connectivity index (χ2v) is 7.71. The van der Waals surface area contributed by atoms with Gasteiger partial charge in [0.1, 0.15) is 12.3 Å². The zero-order valence-corrected chi connectivity index (χ0v) is 16.3. The quantitative estimate of drug-likeness (QED) is 0.670. The van der Waals surface area contributed by atoms with Crippen molar-refractivity contribution in [2.75, 3.05) is 24.0 Å². The molecule has 0 aliphatic heterocycles. The molecule has 0 unspecified atom stereocenters. The molecule has 27 heavy (non-hydrogen) atoms. The van der Waals surface area contributed by atoms with Crippen molar-refractivity contribution >= 4 is 21.6 Å². The molecule has 2 aromatic rings. The van der Waals surface area contributed by atoms with Crippen LogP contribution in [0.4, 0.5) is 5.69 Å². The highest BCUT2D eigenvalue weighted by atomic mass is 32.2. The molecule has 2 aromatic carbocycles. The van der Waals surface area contributed by atoms with Crippen molar-refractivity contribution < 1.29 is 17.9 Å². The molecule has 0 bridgehead atoms. The normalized spacial score (nSPS) is 10.9. The summed E-state index contributed by atoms with van der Waals surface area (Å²) in [6.07, 6.45) is 1.54. The molecular weight excluding hydrogens is 364 g/mol. The van der Waals surface area contributed by atoms with Crippen LogP contribution in [0.5, 0.6) is 5.75 Å². The molecule has 0 atom stereocenters. The predicted octanol–water partition coefficient (Wildman–Crippen LogP) is 2.89. The average Bonchev–Trinajstić information content (AvgIpc) is 2.66. The summed E-state index contributed by atoms with van der Waals surface area (Å²) >= 11 is 0. The van der Waals surface area contributed by atoms with E-state index in [9.17, 15) is 13.2 Å². The van der Waals surface area contributed by atoms with Gasteiger partial charge in [-0.1, -0.05) is 23.8 Å². The third kappa shape index (κ3) is 5.34. The first-order valence-electron chi connectivity index (χ1n) is 8.58. The van der Waals surface area contributed by atoms with Crippen LogP contribution in [0.15, 0.2) is 66.1 Å². The molecule has 0 saturated heterocycles. The standard InChI is InChI=1S/C20H24N2O4S/c1-4-14-21-20(23)15-22(17-8-6-16(3)7-9-17)27(24,25)19-12-10-18(11-13-19)26-5-2/h4,6-13H,1,5,14-15H2,2-3H3,(H,21,23). The van der Waals surface area contributed by atoms with E-state index in [2.05, 4.69) is 11.9 Å². The number of rotatable bonds is 9. The van der Waals surface area contributed by atoms with Gasteiger partial charge in [-0.25, -0.2) is 8.42 Å². The van der Waals surface area contributed by atoms with Gasteiger partial charge < -0.3 is 10.1 Å². The lowest BCUT2D eigenvalue weighted by Crippen LogP contribution is -2.40. The van der Waals surface area contributed by atoms with Crippen molar-refractivity contribution in [1.82, 2.24) is 5.32 Å². The summed E-state index contributed by atoms with van der Waals surface area (Å²) in [5.74, 6) is 0.173. The molecule has 1 amide bonds. The smallest absolute Gasteiger partial charge is 0.264 e. The molecule has 0 spiro atoms. The first-order chi connectivity index (χ1) is 12.9. The van der Waals surface area contributed by atoms with Crippen LogP contribution in [-0.4, -0.2) is 34.0 Å². The average molecular weight is 388 g/mol. The van der Waals surface area contributed by atoms with E-state index >= 15 is 0 Å². The molecule has 1 N–H and O–H groups in total. The number of ether oxygens (including phenoxy) is 1. The summed E-state index contributed by atoms with van der Waals surface area (Å²) < 4.78 is 32.8. The molecule has 7 heteroatoms. The molecule has 2 rings (SSSR count). The lowest BCUT2D eigenvalue weighted by atomic mass is 10.2. The highest BCUT2D eigenvalue weighted by Gasteiger charge is 2.27. The minimum absolute atomic E-state index is 0.0862. The number of nitrogens with zero attached hydrogens (tertiary/aromatic N) is 1. The Bertz CT molecular complexity index is 875. The fourth-order valence-corrected chi connectivity index (χ4v) is 3.82. The van der Waals surface area contributed by atoms with Crippen molar-refractivity contribution in [3.05, 3.63) is 66.7 Å². The number of carbonyl (C=O) groups excluding carboxylic acids is 1. The second-order valence-electron chi connectivity index (χ2n) is 5.84. The summed E-state index contributed by atoms with van der Waals surface area (Å²) in [6, 6.07) is 13.1. The summed E-state index contributed by atoms with van der Waals surface area (Å²) in [5, 5.41) is 2.61. The van der Waals surface area contributed by atoms with Crippen LogP contribution in [0, 0.1) is 6.92 Å². The fraction of sp³-hybridized carbons (Fsp3) is 0.250. The lowest BCUT2D eigenvalue weighted by Gasteiger charge is -2.24. The van der Waals surface area contributed by atoms with Crippen molar-refractivity contribution in [3.8, 4) is 5.75 Å². The molecule has 0 aromatic heterocycles. The molecule has 144 valence electrons. The molecule has 0 fully saturated rings. The summed E-state index contributed by atoms with van der Waals surface area (Å²) in [5.41, 5.74) is 1.41. The van der Waals surface area contributed by atoms with Crippen LogP contribution >= 0.6 is 0 Å². The Hall–Kier alpha value is -2.80. The van der Waals surface area contributed by atoms with E-state index in [1.807, 2.05) is 13.8 Å². The first-order valence-corrected chi connectivity index (χ1v) is 10.0.